The van der Waals surface area contributed by atoms with Crippen LogP contribution in [0.3, 0.4) is 0 Å². The molecule has 3 aromatic rings. The van der Waals surface area contributed by atoms with Gasteiger partial charge in [0.1, 0.15) is 0 Å². The molecule has 1 amide bonds. The summed E-state index contributed by atoms with van der Waals surface area (Å²) in [6.07, 6.45) is 0. The van der Waals surface area contributed by atoms with Crippen molar-refractivity contribution in [1.29, 1.82) is 0 Å². The number of hydrogen-bond donors (Lipinski definition) is 0. The lowest BCUT2D eigenvalue weighted by molar-refractivity contribution is -0.126. The molecule has 3 aromatic carbocycles. The molecule has 0 bridgehead atoms. The van der Waals surface area contributed by atoms with Crippen LogP contribution in [0.5, 0.6) is 0 Å². The molecule has 0 aromatic heterocycles. The topological polar surface area (TPSA) is 20.3 Å². The second-order valence-corrected chi connectivity index (χ2v) is 7.42. The number of benzene rings is 3. The Morgan fingerprint density at radius 1 is 0.800 bits per heavy atom. The molecule has 0 spiro atoms. The number of carbonyl (C=O) groups excluding carboxylic acids is 1. The minimum absolute atomic E-state index is 0.0339. The molecule has 1 aliphatic rings. The van der Waals surface area contributed by atoms with Gasteiger partial charge in [0, 0.05) is 15.2 Å². The lowest BCUT2D eigenvalue weighted by Crippen LogP contribution is -2.53. The molecule has 0 unspecified atom stereocenters. The maximum absolute atomic E-state index is 13.0. The van der Waals surface area contributed by atoms with Gasteiger partial charge in [-0.25, -0.2) is 0 Å². The van der Waals surface area contributed by atoms with E-state index >= 15 is 0 Å². The third-order valence-electron chi connectivity index (χ3n) is 4.57. The number of anilines is 1. The highest BCUT2D eigenvalue weighted by Gasteiger charge is 2.49. The van der Waals surface area contributed by atoms with Crippen molar-refractivity contribution in [2.75, 3.05) is 4.90 Å². The third kappa shape index (κ3) is 2.99. The van der Waals surface area contributed by atoms with Crippen LogP contribution in [0.15, 0.2) is 83.3 Å². The number of β-lactam (4-membered cyclic amide) rings is 1. The van der Waals surface area contributed by atoms with Crippen LogP contribution in [0.2, 0.25) is 5.02 Å². The molecule has 0 radical (unpaired) electrons. The zero-order chi connectivity index (χ0) is 17.4. The predicted molar refractivity (Wildman–Crippen MR) is 105 cm³/mol. The summed E-state index contributed by atoms with van der Waals surface area (Å²) in [6, 6.07) is 25.5. The monoisotopic (exact) mass is 411 g/mol. The summed E-state index contributed by atoms with van der Waals surface area (Å²) >= 11 is 9.49. The van der Waals surface area contributed by atoms with Gasteiger partial charge < -0.3 is 4.90 Å². The lowest BCUT2D eigenvalue weighted by Gasteiger charge is -2.47. The molecule has 2 nitrogen and oxygen atoms in total. The number of hydrogen-bond acceptors (Lipinski definition) is 1. The van der Waals surface area contributed by atoms with Crippen LogP contribution in [0.1, 0.15) is 23.1 Å². The molecule has 4 rings (SSSR count). The second kappa shape index (κ2) is 6.66. The molecule has 0 saturated carbocycles. The number of halogens is 2. The first-order chi connectivity index (χ1) is 12.1. The van der Waals surface area contributed by atoms with E-state index in [4.69, 9.17) is 11.6 Å². The Balaban J connectivity index is 1.77. The van der Waals surface area contributed by atoms with Gasteiger partial charge in [0.2, 0.25) is 5.91 Å². The average Bonchev–Trinajstić information content (AvgIpc) is 2.63. The Morgan fingerprint density at radius 2 is 1.44 bits per heavy atom. The van der Waals surface area contributed by atoms with Crippen LogP contribution in [0, 0.1) is 0 Å². The van der Waals surface area contributed by atoms with Crippen LogP contribution in [-0.2, 0) is 4.79 Å². The first-order valence-corrected chi connectivity index (χ1v) is 9.21. The number of nitrogens with zero attached hydrogens (tertiary/aromatic N) is 1. The highest BCUT2D eigenvalue weighted by Crippen LogP contribution is 2.49. The molecule has 4 heteroatoms. The van der Waals surface area contributed by atoms with Crippen LogP contribution >= 0.6 is 27.5 Å². The van der Waals surface area contributed by atoms with Gasteiger partial charge in [0.15, 0.2) is 0 Å². The minimum atomic E-state index is -0.175. The highest BCUT2D eigenvalue weighted by molar-refractivity contribution is 9.10. The van der Waals surface area contributed by atoms with Crippen LogP contribution < -0.4 is 4.90 Å². The zero-order valence-electron chi connectivity index (χ0n) is 13.3. The molecule has 25 heavy (non-hydrogen) atoms. The standard InChI is InChI=1S/C21H15BrClNO/c22-16-8-12-18(13-9-16)24-20(15-6-10-17(23)11-7-15)19(21(24)25)14-4-2-1-3-5-14/h1-13,19-20H/t19-,20-/m0/s1. The maximum Gasteiger partial charge on any atom is 0.237 e. The van der Waals surface area contributed by atoms with Crippen LogP contribution in [0.4, 0.5) is 5.69 Å². The summed E-state index contributed by atoms with van der Waals surface area (Å²) in [7, 11) is 0. The SMILES string of the molecule is O=C1[C@@H](c2ccccc2)[C@H](c2ccc(Cl)cc2)N1c1ccc(Br)cc1. The van der Waals surface area contributed by atoms with Gasteiger partial charge in [-0.3, -0.25) is 4.79 Å². The Morgan fingerprint density at radius 3 is 2.08 bits per heavy atom. The van der Waals surface area contributed by atoms with Gasteiger partial charge in [0.05, 0.1) is 12.0 Å². The molecule has 1 aliphatic heterocycles. The fourth-order valence-corrected chi connectivity index (χ4v) is 3.76. The Bertz CT molecular complexity index is 893. The van der Waals surface area contributed by atoms with Crippen molar-refractivity contribution in [3.05, 3.63) is 99.5 Å². The molecular weight excluding hydrogens is 398 g/mol. The van der Waals surface area contributed by atoms with E-state index < -0.39 is 0 Å². The smallest absolute Gasteiger partial charge is 0.237 e. The summed E-state index contributed by atoms with van der Waals surface area (Å²) in [5.74, 6) is -0.0560. The van der Waals surface area contributed by atoms with Gasteiger partial charge in [-0.2, -0.15) is 0 Å². The van der Waals surface area contributed by atoms with E-state index in [2.05, 4.69) is 15.9 Å². The maximum atomic E-state index is 13.0. The Hall–Kier alpha value is -2.10. The predicted octanol–water partition coefficient (Wildman–Crippen LogP) is 5.97. The van der Waals surface area contributed by atoms with E-state index in [0.717, 1.165) is 21.3 Å². The van der Waals surface area contributed by atoms with Crippen molar-refractivity contribution < 1.29 is 4.79 Å². The van der Waals surface area contributed by atoms with Crippen molar-refractivity contribution in [2.24, 2.45) is 0 Å². The molecule has 124 valence electrons. The van der Waals surface area contributed by atoms with Gasteiger partial charge in [-0.15, -0.1) is 0 Å². The van der Waals surface area contributed by atoms with Crippen molar-refractivity contribution in [3.8, 4) is 0 Å². The normalized spacial score (nSPS) is 19.6. The Kier molecular flexibility index (Phi) is 4.36. The van der Waals surface area contributed by atoms with Gasteiger partial charge in [-0.05, 0) is 47.5 Å². The fraction of sp³-hybridized carbons (Fsp3) is 0.0952. The highest BCUT2D eigenvalue weighted by atomic mass is 79.9. The first kappa shape index (κ1) is 16.4. The summed E-state index contributed by atoms with van der Waals surface area (Å²) in [5, 5.41) is 0.695. The van der Waals surface area contributed by atoms with E-state index in [9.17, 15) is 4.79 Å². The largest absolute Gasteiger partial charge is 0.303 e. The molecule has 1 saturated heterocycles. The van der Waals surface area contributed by atoms with E-state index in [1.165, 1.54) is 0 Å². The summed E-state index contributed by atoms with van der Waals surface area (Å²) < 4.78 is 0.992. The van der Waals surface area contributed by atoms with E-state index in [-0.39, 0.29) is 17.9 Å². The van der Waals surface area contributed by atoms with E-state index in [0.29, 0.717) is 5.02 Å². The molecular formula is C21H15BrClNO. The molecule has 0 aliphatic carbocycles. The zero-order valence-corrected chi connectivity index (χ0v) is 15.6. The Labute approximate surface area is 160 Å². The quantitative estimate of drug-likeness (QED) is 0.485. The number of carbonyl (C=O) groups is 1. The molecule has 1 heterocycles. The van der Waals surface area contributed by atoms with Gasteiger partial charge in [0.25, 0.3) is 0 Å². The second-order valence-electron chi connectivity index (χ2n) is 6.07. The van der Waals surface area contributed by atoms with Crippen molar-refractivity contribution >= 4 is 39.1 Å². The third-order valence-corrected chi connectivity index (χ3v) is 5.35. The summed E-state index contributed by atoms with van der Waals surface area (Å²) in [6.45, 7) is 0. The van der Waals surface area contributed by atoms with Crippen molar-refractivity contribution in [2.45, 2.75) is 12.0 Å². The van der Waals surface area contributed by atoms with Crippen molar-refractivity contribution in [1.82, 2.24) is 0 Å². The fourth-order valence-electron chi connectivity index (χ4n) is 3.37. The molecule has 0 N–H and O–H groups in total. The van der Waals surface area contributed by atoms with Gasteiger partial charge in [-0.1, -0.05) is 70.0 Å². The first-order valence-electron chi connectivity index (χ1n) is 8.04. The van der Waals surface area contributed by atoms with E-state index in [1.807, 2.05) is 83.8 Å². The lowest BCUT2D eigenvalue weighted by atomic mass is 9.77. The van der Waals surface area contributed by atoms with Crippen LogP contribution in [0.25, 0.3) is 0 Å². The molecule has 1 fully saturated rings. The summed E-state index contributed by atoms with van der Waals surface area (Å²) in [5.41, 5.74) is 3.03. The van der Waals surface area contributed by atoms with Crippen LogP contribution in [-0.4, -0.2) is 5.91 Å². The minimum Gasteiger partial charge on any atom is -0.303 e. The average molecular weight is 413 g/mol. The molecule has 2 atom stereocenters. The van der Waals surface area contributed by atoms with Crippen molar-refractivity contribution in [3.63, 3.8) is 0 Å². The van der Waals surface area contributed by atoms with E-state index in [1.54, 1.807) is 0 Å². The number of rotatable bonds is 3. The van der Waals surface area contributed by atoms with Gasteiger partial charge >= 0.3 is 0 Å². The number of amides is 1. The summed E-state index contributed by atoms with van der Waals surface area (Å²) in [4.78, 5) is 14.9.